The highest BCUT2D eigenvalue weighted by Crippen LogP contribution is 2.37. The first kappa shape index (κ1) is 15.1. The molecule has 1 N–H and O–H groups in total. The monoisotopic (exact) mass is 401 g/mol. The molecule has 7 heteroatoms. The van der Waals surface area contributed by atoms with Crippen LogP contribution in [-0.2, 0) is 0 Å². The Bertz CT molecular complexity index is 608. The molecule has 0 saturated carbocycles. The van der Waals surface area contributed by atoms with E-state index in [0.717, 1.165) is 21.2 Å². The molecular formula is C13H13Br2N3O2. The van der Waals surface area contributed by atoms with Crippen molar-refractivity contribution in [1.82, 2.24) is 9.97 Å². The fraction of sp³-hybridized carbons (Fsp3) is 0.231. The van der Waals surface area contributed by atoms with Crippen molar-refractivity contribution >= 4 is 37.7 Å². The van der Waals surface area contributed by atoms with Crippen molar-refractivity contribution in [3.05, 3.63) is 33.5 Å². The van der Waals surface area contributed by atoms with Crippen LogP contribution >= 0.6 is 31.9 Å². The van der Waals surface area contributed by atoms with E-state index >= 15 is 0 Å². The van der Waals surface area contributed by atoms with E-state index in [-0.39, 0.29) is 0 Å². The molecule has 0 aliphatic carbocycles. The molecule has 106 valence electrons. The first-order chi connectivity index (χ1) is 9.63. The van der Waals surface area contributed by atoms with E-state index in [0.29, 0.717) is 17.4 Å². The topological polar surface area (TPSA) is 56.3 Å². The second-order valence-electron chi connectivity index (χ2n) is 3.79. The van der Waals surface area contributed by atoms with Gasteiger partial charge < -0.3 is 14.8 Å². The van der Waals surface area contributed by atoms with Crippen molar-refractivity contribution in [3.63, 3.8) is 0 Å². The Labute approximate surface area is 134 Å². The predicted octanol–water partition coefficient (Wildman–Crippen LogP) is 4.23. The van der Waals surface area contributed by atoms with E-state index < -0.39 is 0 Å². The number of nitrogens with one attached hydrogen (secondary N) is 1. The van der Waals surface area contributed by atoms with Crippen LogP contribution < -0.4 is 14.8 Å². The van der Waals surface area contributed by atoms with Gasteiger partial charge in [-0.3, -0.25) is 4.98 Å². The number of benzene rings is 1. The van der Waals surface area contributed by atoms with Crippen molar-refractivity contribution < 1.29 is 9.47 Å². The minimum atomic E-state index is 0.418. The molecule has 0 radical (unpaired) electrons. The van der Waals surface area contributed by atoms with Crippen molar-refractivity contribution in [1.29, 1.82) is 0 Å². The minimum absolute atomic E-state index is 0.418. The Morgan fingerprint density at radius 3 is 2.55 bits per heavy atom. The largest absolute Gasteiger partial charge is 0.496 e. The van der Waals surface area contributed by atoms with E-state index in [4.69, 9.17) is 9.47 Å². The molecule has 0 unspecified atom stereocenters. The Morgan fingerprint density at radius 2 is 1.85 bits per heavy atom. The van der Waals surface area contributed by atoms with Crippen LogP contribution in [0.25, 0.3) is 0 Å². The molecule has 2 aromatic rings. The van der Waals surface area contributed by atoms with Crippen molar-refractivity contribution in [2.75, 3.05) is 19.0 Å². The first-order valence-electron chi connectivity index (χ1n) is 5.90. The highest BCUT2D eigenvalue weighted by Gasteiger charge is 2.10. The molecule has 0 spiro atoms. The number of rotatable bonds is 5. The van der Waals surface area contributed by atoms with E-state index in [1.165, 1.54) is 0 Å². The summed E-state index contributed by atoms with van der Waals surface area (Å²) in [6.07, 6.45) is 3.21. The molecule has 5 nitrogen and oxygen atoms in total. The number of hydrogen-bond donors (Lipinski definition) is 1. The lowest BCUT2D eigenvalue weighted by Gasteiger charge is -2.10. The number of ether oxygens (including phenoxy) is 2. The Hall–Kier alpha value is -1.34. The maximum absolute atomic E-state index is 5.73. The number of anilines is 1. The van der Waals surface area contributed by atoms with Gasteiger partial charge in [-0.25, -0.2) is 0 Å². The highest BCUT2D eigenvalue weighted by molar-refractivity contribution is 9.11. The van der Waals surface area contributed by atoms with Gasteiger partial charge in [0.1, 0.15) is 17.3 Å². The molecule has 1 aromatic carbocycles. The molecule has 0 bridgehead atoms. The Kier molecular flexibility index (Phi) is 5.19. The SMILES string of the molecule is CCNc1cncc(Oc2cc(Br)c(OC)cc2Br)n1. The van der Waals surface area contributed by atoms with Crippen LogP contribution in [-0.4, -0.2) is 23.6 Å². The number of halogens is 2. The van der Waals surface area contributed by atoms with Crippen molar-refractivity contribution in [2.24, 2.45) is 0 Å². The van der Waals surface area contributed by atoms with Crippen LogP contribution in [0.1, 0.15) is 6.92 Å². The van der Waals surface area contributed by atoms with Gasteiger partial charge in [-0.15, -0.1) is 0 Å². The standard InChI is InChI=1S/C13H13Br2N3O2/c1-3-17-12-6-16-7-13(18-12)20-11-5-8(14)10(19-2)4-9(11)15/h4-7H,3H2,1-2H3,(H,17,18). The maximum atomic E-state index is 5.73. The first-order valence-corrected chi connectivity index (χ1v) is 7.49. The fourth-order valence-corrected chi connectivity index (χ4v) is 2.41. The average molecular weight is 403 g/mol. The van der Waals surface area contributed by atoms with Gasteiger partial charge in [0.25, 0.3) is 0 Å². The molecule has 0 fully saturated rings. The summed E-state index contributed by atoms with van der Waals surface area (Å²) in [6, 6.07) is 3.63. The summed E-state index contributed by atoms with van der Waals surface area (Å²) in [5.74, 6) is 2.44. The van der Waals surface area contributed by atoms with Crippen molar-refractivity contribution in [3.8, 4) is 17.4 Å². The average Bonchev–Trinajstić information content (AvgIpc) is 2.43. The van der Waals surface area contributed by atoms with E-state index in [2.05, 4.69) is 47.1 Å². The third-order valence-corrected chi connectivity index (χ3v) is 3.63. The molecule has 1 aromatic heterocycles. The lowest BCUT2D eigenvalue weighted by molar-refractivity contribution is 0.408. The molecule has 0 saturated heterocycles. The summed E-state index contributed by atoms with van der Waals surface area (Å²) in [6.45, 7) is 2.77. The summed E-state index contributed by atoms with van der Waals surface area (Å²) in [5.41, 5.74) is 0. The van der Waals surface area contributed by atoms with Crippen LogP contribution in [0.15, 0.2) is 33.5 Å². The smallest absolute Gasteiger partial charge is 0.239 e. The third-order valence-electron chi connectivity index (χ3n) is 2.39. The summed E-state index contributed by atoms with van der Waals surface area (Å²) in [5, 5.41) is 3.08. The summed E-state index contributed by atoms with van der Waals surface area (Å²) < 4.78 is 12.5. The van der Waals surface area contributed by atoms with Crippen LogP contribution in [0.3, 0.4) is 0 Å². The van der Waals surface area contributed by atoms with Crippen molar-refractivity contribution in [2.45, 2.75) is 6.92 Å². The normalized spacial score (nSPS) is 10.2. The number of methoxy groups -OCH3 is 1. The molecule has 20 heavy (non-hydrogen) atoms. The summed E-state index contributed by atoms with van der Waals surface area (Å²) in [4.78, 5) is 8.39. The molecule has 0 amide bonds. The van der Waals surface area contributed by atoms with Gasteiger partial charge >= 0.3 is 0 Å². The zero-order valence-electron chi connectivity index (χ0n) is 11.0. The molecule has 0 atom stereocenters. The maximum Gasteiger partial charge on any atom is 0.239 e. The van der Waals surface area contributed by atoms with Crippen LogP contribution in [0.4, 0.5) is 5.82 Å². The lowest BCUT2D eigenvalue weighted by Crippen LogP contribution is -2.01. The lowest BCUT2D eigenvalue weighted by atomic mass is 10.3. The van der Waals surface area contributed by atoms with Gasteiger partial charge in [-0.05, 0) is 50.9 Å². The van der Waals surface area contributed by atoms with Crippen LogP contribution in [0.2, 0.25) is 0 Å². The molecule has 0 aliphatic rings. The summed E-state index contributed by atoms with van der Waals surface area (Å²) >= 11 is 6.86. The van der Waals surface area contributed by atoms with Gasteiger partial charge in [0.05, 0.1) is 28.4 Å². The third kappa shape index (κ3) is 3.61. The van der Waals surface area contributed by atoms with Crippen LogP contribution in [0, 0.1) is 0 Å². The zero-order chi connectivity index (χ0) is 14.5. The zero-order valence-corrected chi connectivity index (χ0v) is 14.2. The number of nitrogens with zero attached hydrogens (tertiary/aromatic N) is 2. The minimum Gasteiger partial charge on any atom is -0.496 e. The Morgan fingerprint density at radius 1 is 1.15 bits per heavy atom. The quantitative estimate of drug-likeness (QED) is 0.810. The van der Waals surface area contributed by atoms with E-state index in [9.17, 15) is 0 Å². The number of hydrogen-bond acceptors (Lipinski definition) is 5. The van der Waals surface area contributed by atoms with Gasteiger partial charge in [0.2, 0.25) is 5.88 Å². The van der Waals surface area contributed by atoms with E-state index in [1.807, 2.05) is 19.1 Å². The molecule has 2 rings (SSSR count). The van der Waals surface area contributed by atoms with Gasteiger partial charge in [-0.1, -0.05) is 0 Å². The molecular weight excluding hydrogens is 390 g/mol. The second-order valence-corrected chi connectivity index (χ2v) is 5.50. The Balaban J connectivity index is 2.25. The van der Waals surface area contributed by atoms with E-state index in [1.54, 1.807) is 19.5 Å². The molecule has 0 aliphatic heterocycles. The summed E-state index contributed by atoms with van der Waals surface area (Å²) in [7, 11) is 1.61. The van der Waals surface area contributed by atoms with Gasteiger partial charge in [0, 0.05) is 6.54 Å². The highest BCUT2D eigenvalue weighted by atomic mass is 79.9. The molecule has 1 heterocycles. The van der Waals surface area contributed by atoms with Crippen LogP contribution in [0.5, 0.6) is 17.4 Å². The predicted molar refractivity (Wildman–Crippen MR) is 84.7 cm³/mol. The second kappa shape index (κ2) is 6.90. The fourth-order valence-electron chi connectivity index (χ4n) is 1.52. The number of aromatic nitrogens is 2. The van der Waals surface area contributed by atoms with Gasteiger partial charge in [0.15, 0.2) is 0 Å². The van der Waals surface area contributed by atoms with Gasteiger partial charge in [-0.2, -0.15) is 4.98 Å².